The molecular weight excluding hydrogens is 204 g/mol. The lowest BCUT2D eigenvalue weighted by atomic mass is 9.79. The number of hydrogen-bond acceptors (Lipinski definition) is 4. The quantitative estimate of drug-likeness (QED) is 0.718. The summed E-state index contributed by atoms with van der Waals surface area (Å²) in [5, 5.41) is 12.8. The average molecular weight is 214 g/mol. The first-order chi connectivity index (χ1) is 7.70. The van der Waals surface area contributed by atoms with Crippen LogP contribution < -0.4 is 11.2 Å². The van der Waals surface area contributed by atoms with Gasteiger partial charge in [-0.15, -0.1) is 0 Å². The summed E-state index contributed by atoms with van der Waals surface area (Å²) in [5.41, 5.74) is 8.14. The monoisotopic (exact) mass is 214 g/mol. The molecule has 2 rings (SSSR count). The van der Waals surface area contributed by atoms with Crippen LogP contribution in [-0.2, 0) is 10.2 Å². The fourth-order valence-corrected chi connectivity index (χ4v) is 1.79. The van der Waals surface area contributed by atoms with Crippen molar-refractivity contribution in [1.29, 1.82) is 5.26 Å². The van der Waals surface area contributed by atoms with Gasteiger partial charge in [0.2, 0.25) is 5.91 Å². The molecule has 1 aromatic carbocycles. The number of carbonyl (C=O) groups is 1. The van der Waals surface area contributed by atoms with Gasteiger partial charge in [0.1, 0.15) is 5.41 Å². The highest BCUT2D eigenvalue weighted by molar-refractivity contribution is 6.05. The van der Waals surface area contributed by atoms with Crippen molar-refractivity contribution >= 4 is 12.1 Å². The lowest BCUT2D eigenvalue weighted by Gasteiger charge is -2.22. The van der Waals surface area contributed by atoms with Crippen LogP contribution in [-0.4, -0.2) is 18.7 Å². The number of nitriles is 1. The first-order valence-electron chi connectivity index (χ1n) is 4.77. The summed E-state index contributed by atoms with van der Waals surface area (Å²) in [6.45, 7) is 0.293. The summed E-state index contributed by atoms with van der Waals surface area (Å²) in [4.78, 5) is 11.6. The van der Waals surface area contributed by atoms with Crippen LogP contribution in [0.5, 0.6) is 0 Å². The first kappa shape index (κ1) is 10.2. The SMILES string of the molecule is N#Cc1ccccc1C1(C(N)=O)C=NNC1. The number of nitrogens with two attached hydrogens (primary N) is 1. The molecule has 3 N–H and O–H groups in total. The molecule has 1 aliphatic rings. The second kappa shape index (κ2) is 3.66. The highest BCUT2D eigenvalue weighted by Crippen LogP contribution is 2.26. The molecule has 5 heteroatoms. The standard InChI is InChI=1S/C11H10N4O/c12-5-8-3-1-2-4-9(8)11(10(13)16)6-14-15-7-11/h1-4,6,15H,7H2,(H2,13,16). The number of hydrogen-bond donors (Lipinski definition) is 2. The minimum absolute atomic E-state index is 0.293. The molecule has 0 aliphatic carbocycles. The Labute approximate surface area is 92.6 Å². The van der Waals surface area contributed by atoms with Gasteiger partial charge in [-0.3, -0.25) is 4.79 Å². The van der Waals surface area contributed by atoms with E-state index in [2.05, 4.69) is 16.6 Å². The van der Waals surface area contributed by atoms with Gasteiger partial charge in [-0.2, -0.15) is 10.4 Å². The molecule has 0 aromatic heterocycles. The van der Waals surface area contributed by atoms with Gasteiger partial charge in [-0.05, 0) is 11.6 Å². The maximum atomic E-state index is 11.6. The van der Waals surface area contributed by atoms with Crippen molar-refractivity contribution in [3.8, 4) is 6.07 Å². The second-order valence-corrected chi connectivity index (χ2v) is 3.59. The van der Waals surface area contributed by atoms with Crippen LogP contribution in [0.4, 0.5) is 0 Å². The van der Waals surface area contributed by atoms with Gasteiger partial charge in [0.05, 0.1) is 18.2 Å². The van der Waals surface area contributed by atoms with E-state index in [1.165, 1.54) is 6.21 Å². The number of nitrogens with one attached hydrogen (secondary N) is 1. The molecule has 1 heterocycles. The van der Waals surface area contributed by atoms with E-state index in [1.54, 1.807) is 24.3 Å². The summed E-state index contributed by atoms with van der Waals surface area (Å²) in [7, 11) is 0. The Hall–Kier alpha value is -2.35. The molecule has 1 aliphatic heterocycles. The van der Waals surface area contributed by atoms with Crippen molar-refractivity contribution in [2.45, 2.75) is 5.41 Å². The van der Waals surface area contributed by atoms with Crippen molar-refractivity contribution in [2.24, 2.45) is 10.8 Å². The van der Waals surface area contributed by atoms with Crippen LogP contribution in [0.15, 0.2) is 29.4 Å². The highest BCUT2D eigenvalue weighted by atomic mass is 16.1. The Kier molecular flexibility index (Phi) is 2.33. The van der Waals surface area contributed by atoms with Gasteiger partial charge in [0.15, 0.2) is 0 Å². The van der Waals surface area contributed by atoms with Crippen molar-refractivity contribution < 1.29 is 4.79 Å². The van der Waals surface area contributed by atoms with Crippen molar-refractivity contribution in [3.63, 3.8) is 0 Å². The van der Waals surface area contributed by atoms with Crippen LogP contribution in [0.2, 0.25) is 0 Å². The fourth-order valence-electron chi connectivity index (χ4n) is 1.79. The number of nitrogens with zero attached hydrogens (tertiary/aromatic N) is 2. The molecule has 0 fully saturated rings. The minimum atomic E-state index is -1.01. The molecule has 16 heavy (non-hydrogen) atoms. The summed E-state index contributed by atoms with van der Waals surface area (Å²) in [5.74, 6) is -0.510. The van der Waals surface area contributed by atoms with Crippen LogP contribution in [0, 0.1) is 11.3 Å². The van der Waals surface area contributed by atoms with E-state index in [9.17, 15) is 4.79 Å². The van der Waals surface area contributed by atoms with Gasteiger partial charge in [0.25, 0.3) is 0 Å². The Morgan fingerprint density at radius 2 is 2.31 bits per heavy atom. The number of carbonyl (C=O) groups excluding carboxylic acids is 1. The minimum Gasteiger partial charge on any atom is -0.369 e. The van der Waals surface area contributed by atoms with Crippen molar-refractivity contribution in [1.82, 2.24) is 5.43 Å². The third-order valence-electron chi connectivity index (χ3n) is 2.70. The Balaban J connectivity index is 2.62. The third-order valence-corrected chi connectivity index (χ3v) is 2.70. The van der Waals surface area contributed by atoms with Gasteiger partial charge >= 0.3 is 0 Å². The van der Waals surface area contributed by atoms with Crippen LogP contribution in [0.3, 0.4) is 0 Å². The molecule has 5 nitrogen and oxygen atoms in total. The molecule has 1 amide bonds. The average Bonchev–Trinajstić information content (AvgIpc) is 2.79. The lowest BCUT2D eigenvalue weighted by molar-refractivity contribution is -0.120. The van der Waals surface area contributed by atoms with E-state index in [4.69, 9.17) is 11.0 Å². The molecule has 80 valence electrons. The smallest absolute Gasteiger partial charge is 0.235 e. The second-order valence-electron chi connectivity index (χ2n) is 3.59. The van der Waals surface area contributed by atoms with Gasteiger partial charge in [-0.25, -0.2) is 0 Å². The Bertz CT molecular complexity index is 503. The van der Waals surface area contributed by atoms with Crippen molar-refractivity contribution in [2.75, 3.05) is 6.54 Å². The molecule has 0 saturated heterocycles. The van der Waals surface area contributed by atoms with Gasteiger partial charge < -0.3 is 11.2 Å². The summed E-state index contributed by atoms with van der Waals surface area (Å²) >= 11 is 0. The molecular formula is C11H10N4O. The first-order valence-corrected chi connectivity index (χ1v) is 4.77. The number of benzene rings is 1. The van der Waals surface area contributed by atoms with Crippen LogP contribution in [0.1, 0.15) is 11.1 Å². The highest BCUT2D eigenvalue weighted by Gasteiger charge is 2.41. The van der Waals surface area contributed by atoms with E-state index >= 15 is 0 Å². The third kappa shape index (κ3) is 1.32. The van der Waals surface area contributed by atoms with E-state index < -0.39 is 11.3 Å². The topological polar surface area (TPSA) is 91.3 Å². The summed E-state index contributed by atoms with van der Waals surface area (Å²) < 4.78 is 0. The van der Waals surface area contributed by atoms with Crippen molar-refractivity contribution in [3.05, 3.63) is 35.4 Å². The lowest BCUT2D eigenvalue weighted by Crippen LogP contribution is -2.46. The molecule has 1 unspecified atom stereocenters. The molecule has 1 aromatic rings. The predicted molar refractivity (Wildman–Crippen MR) is 58.5 cm³/mol. The Morgan fingerprint density at radius 3 is 2.88 bits per heavy atom. The molecule has 0 spiro atoms. The zero-order valence-electron chi connectivity index (χ0n) is 8.47. The number of amides is 1. The number of rotatable bonds is 2. The summed E-state index contributed by atoms with van der Waals surface area (Å²) in [6.07, 6.45) is 1.46. The predicted octanol–water partition coefficient (Wildman–Crippen LogP) is -0.130. The maximum Gasteiger partial charge on any atom is 0.235 e. The normalized spacial score (nSPS) is 22.4. The number of primary amides is 1. The fraction of sp³-hybridized carbons (Fsp3) is 0.182. The Morgan fingerprint density at radius 1 is 1.56 bits per heavy atom. The molecule has 0 bridgehead atoms. The van der Waals surface area contributed by atoms with Crippen LogP contribution in [0.25, 0.3) is 0 Å². The maximum absolute atomic E-state index is 11.6. The molecule has 0 radical (unpaired) electrons. The van der Waals surface area contributed by atoms with E-state index in [1.807, 2.05) is 0 Å². The van der Waals surface area contributed by atoms with E-state index in [0.717, 1.165) is 0 Å². The van der Waals surface area contributed by atoms with Gasteiger partial charge in [0, 0.05) is 6.21 Å². The summed E-state index contributed by atoms with van der Waals surface area (Å²) in [6, 6.07) is 8.96. The molecule has 0 saturated carbocycles. The zero-order valence-corrected chi connectivity index (χ0v) is 8.47. The van der Waals surface area contributed by atoms with E-state index in [0.29, 0.717) is 17.7 Å². The molecule has 1 atom stereocenters. The van der Waals surface area contributed by atoms with Crippen LogP contribution >= 0.6 is 0 Å². The largest absolute Gasteiger partial charge is 0.369 e. The number of hydrazone groups is 1. The van der Waals surface area contributed by atoms with Gasteiger partial charge in [-0.1, -0.05) is 18.2 Å². The van der Waals surface area contributed by atoms with E-state index in [-0.39, 0.29) is 0 Å². The zero-order chi connectivity index (χ0) is 11.6.